The predicted molar refractivity (Wildman–Crippen MR) is 107 cm³/mol. The van der Waals surface area contributed by atoms with Gasteiger partial charge in [0.1, 0.15) is 0 Å². The van der Waals surface area contributed by atoms with E-state index in [1.54, 1.807) is 6.07 Å². The number of hydrogen-bond acceptors (Lipinski definition) is 3. The van der Waals surface area contributed by atoms with Gasteiger partial charge in [-0.05, 0) is 46.6 Å². The molecule has 1 N–H and O–H groups in total. The number of halogens is 1. The van der Waals surface area contributed by atoms with Crippen molar-refractivity contribution in [1.82, 2.24) is 14.8 Å². The maximum atomic E-state index is 12.7. The molecule has 2 heterocycles. The van der Waals surface area contributed by atoms with Crippen LogP contribution < -0.4 is 5.32 Å². The van der Waals surface area contributed by atoms with Gasteiger partial charge in [0.25, 0.3) is 5.91 Å². The summed E-state index contributed by atoms with van der Waals surface area (Å²) in [5, 5.41) is 9.41. The molecule has 0 unspecified atom stereocenters. The molecule has 4 aromatic rings. The van der Waals surface area contributed by atoms with Gasteiger partial charge < -0.3 is 5.32 Å². The molecule has 2 aromatic carbocycles. The van der Waals surface area contributed by atoms with E-state index in [9.17, 15) is 4.79 Å². The average molecular weight is 409 g/mol. The summed E-state index contributed by atoms with van der Waals surface area (Å²) in [5.74, 6) is 0.334. The molecular weight excluding hydrogens is 392 g/mol. The number of carbonyl (C=O) groups is 1. The van der Waals surface area contributed by atoms with E-state index in [4.69, 9.17) is 4.98 Å². The molecule has 0 spiro atoms. The van der Waals surface area contributed by atoms with Crippen molar-refractivity contribution in [3.8, 4) is 0 Å². The van der Waals surface area contributed by atoms with Crippen LogP contribution in [0.2, 0.25) is 0 Å². The molecule has 6 heteroatoms. The van der Waals surface area contributed by atoms with E-state index < -0.39 is 0 Å². The third-order valence-corrected chi connectivity index (χ3v) is 4.90. The highest BCUT2D eigenvalue weighted by atomic mass is 79.9. The fraction of sp³-hybridized carbons (Fsp3) is 0.150. The molecule has 0 saturated carbocycles. The minimum atomic E-state index is -0.200. The first-order valence-electron chi connectivity index (χ1n) is 8.49. The van der Waals surface area contributed by atoms with Gasteiger partial charge >= 0.3 is 0 Å². The number of fused-ring (bicyclic) bond motifs is 2. The molecule has 130 valence electrons. The van der Waals surface area contributed by atoms with Crippen molar-refractivity contribution in [2.45, 2.75) is 19.9 Å². The third-order valence-electron chi connectivity index (χ3n) is 4.21. The molecule has 0 aliphatic heterocycles. The Kier molecular flexibility index (Phi) is 4.42. The van der Waals surface area contributed by atoms with Gasteiger partial charge in [-0.15, -0.1) is 0 Å². The largest absolute Gasteiger partial charge is 0.304 e. The zero-order valence-electron chi connectivity index (χ0n) is 14.2. The van der Waals surface area contributed by atoms with E-state index in [-0.39, 0.29) is 5.91 Å². The smallest absolute Gasteiger partial charge is 0.258 e. The van der Waals surface area contributed by atoms with Crippen molar-refractivity contribution < 1.29 is 4.79 Å². The zero-order valence-corrected chi connectivity index (χ0v) is 15.8. The average Bonchev–Trinajstić information content (AvgIpc) is 2.97. The maximum absolute atomic E-state index is 12.7. The van der Waals surface area contributed by atoms with Crippen LogP contribution in [-0.4, -0.2) is 20.7 Å². The molecule has 0 aliphatic rings. The Morgan fingerprint density at radius 1 is 1.15 bits per heavy atom. The summed E-state index contributed by atoms with van der Waals surface area (Å²) in [7, 11) is 0. The number of para-hydroxylation sites is 1. The summed E-state index contributed by atoms with van der Waals surface area (Å²) in [5.41, 5.74) is 2.27. The summed E-state index contributed by atoms with van der Waals surface area (Å²) < 4.78 is 2.61. The molecule has 0 radical (unpaired) electrons. The lowest BCUT2D eigenvalue weighted by Gasteiger charge is -2.04. The van der Waals surface area contributed by atoms with Crippen LogP contribution in [0.25, 0.3) is 21.9 Å². The van der Waals surface area contributed by atoms with Crippen molar-refractivity contribution in [1.29, 1.82) is 0 Å². The van der Waals surface area contributed by atoms with Gasteiger partial charge in [0.2, 0.25) is 0 Å². The Labute approximate surface area is 159 Å². The predicted octanol–water partition coefficient (Wildman–Crippen LogP) is 5.01. The van der Waals surface area contributed by atoms with Crippen LogP contribution in [0.1, 0.15) is 23.7 Å². The number of aromatic nitrogens is 3. The maximum Gasteiger partial charge on any atom is 0.258 e. The van der Waals surface area contributed by atoms with Crippen molar-refractivity contribution in [3.05, 3.63) is 64.6 Å². The highest BCUT2D eigenvalue weighted by Gasteiger charge is 2.17. The van der Waals surface area contributed by atoms with Gasteiger partial charge in [-0.2, -0.15) is 5.10 Å². The Bertz CT molecular complexity index is 1120. The number of anilines is 1. The van der Waals surface area contributed by atoms with E-state index >= 15 is 0 Å². The summed E-state index contributed by atoms with van der Waals surface area (Å²) in [6.07, 6.45) is 0.933. The van der Waals surface area contributed by atoms with Crippen LogP contribution in [0.3, 0.4) is 0 Å². The normalized spacial score (nSPS) is 11.2. The Morgan fingerprint density at radius 3 is 2.73 bits per heavy atom. The topological polar surface area (TPSA) is 59.8 Å². The number of hydrogen-bond donors (Lipinski definition) is 1. The minimum absolute atomic E-state index is 0.200. The fourth-order valence-electron chi connectivity index (χ4n) is 2.98. The fourth-order valence-corrected chi connectivity index (χ4v) is 3.44. The molecule has 4 rings (SSSR count). The Hall–Kier alpha value is -2.73. The summed E-state index contributed by atoms with van der Waals surface area (Å²) in [6, 6.07) is 17.3. The van der Waals surface area contributed by atoms with Gasteiger partial charge in [0, 0.05) is 16.4 Å². The Balaban J connectivity index is 1.82. The molecular formula is C20H17BrN4O. The highest BCUT2D eigenvalue weighted by Crippen LogP contribution is 2.27. The number of carbonyl (C=O) groups excluding carboxylic acids is 1. The van der Waals surface area contributed by atoms with Gasteiger partial charge in [-0.1, -0.05) is 37.3 Å². The number of benzene rings is 2. The third kappa shape index (κ3) is 2.97. The van der Waals surface area contributed by atoms with Crippen molar-refractivity contribution in [2.24, 2.45) is 0 Å². The SMILES string of the molecule is CCCn1nc(NC(=O)c2ccccc2Br)c2cc3ccccc3nc21. The van der Waals surface area contributed by atoms with Crippen LogP contribution in [0.4, 0.5) is 5.82 Å². The van der Waals surface area contributed by atoms with Crippen molar-refractivity contribution >= 4 is 49.6 Å². The van der Waals surface area contributed by atoms with E-state index in [1.807, 2.05) is 53.2 Å². The molecule has 0 aliphatic carbocycles. The first-order valence-corrected chi connectivity index (χ1v) is 9.29. The lowest BCUT2D eigenvalue weighted by Crippen LogP contribution is -2.13. The summed E-state index contributed by atoms with van der Waals surface area (Å²) in [4.78, 5) is 17.5. The number of aryl methyl sites for hydroxylation is 1. The second kappa shape index (κ2) is 6.88. The van der Waals surface area contributed by atoms with E-state index in [2.05, 4.69) is 33.3 Å². The van der Waals surface area contributed by atoms with E-state index in [0.29, 0.717) is 11.4 Å². The van der Waals surface area contributed by atoms with Gasteiger partial charge in [-0.25, -0.2) is 9.67 Å². The quantitative estimate of drug-likeness (QED) is 0.516. The number of pyridine rings is 1. The summed E-state index contributed by atoms with van der Waals surface area (Å²) in [6.45, 7) is 2.83. The number of nitrogens with zero attached hydrogens (tertiary/aromatic N) is 3. The van der Waals surface area contributed by atoms with Gasteiger partial charge in [0.15, 0.2) is 11.5 Å². The number of rotatable bonds is 4. The van der Waals surface area contributed by atoms with Crippen LogP contribution in [0.15, 0.2) is 59.1 Å². The van der Waals surface area contributed by atoms with E-state index in [1.165, 1.54) is 0 Å². The molecule has 0 bridgehead atoms. The highest BCUT2D eigenvalue weighted by molar-refractivity contribution is 9.10. The van der Waals surface area contributed by atoms with E-state index in [0.717, 1.165) is 39.4 Å². The monoisotopic (exact) mass is 408 g/mol. The van der Waals surface area contributed by atoms with Crippen molar-refractivity contribution in [2.75, 3.05) is 5.32 Å². The first kappa shape index (κ1) is 16.7. The second-order valence-electron chi connectivity index (χ2n) is 6.06. The molecule has 0 saturated heterocycles. The first-order chi connectivity index (χ1) is 12.7. The number of nitrogens with one attached hydrogen (secondary N) is 1. The molecule has 2 aromatic heterocycles. The molecule has 1 amide bonds. The van der Waals surface area contributed by atoms with Gasteiger partial charge in [0.05, 0.1) is 16.5 Å². The van der Waals surface area contributed by atoms with Crippen molar-refractivity contribution in [3.63, 3.8) is 0 Å². The summed E-state index contributed by atoms with van der Waals surface area (Å²) >= 11 is 3.42. The zero-order chi connectivity index (χ0) is 18.1. The van der Waals surface area contributed by atoms with Crippen LogP contribution >= 0.6 is 15.9 Å². The Morgan fingerprint density at radius 2 is 1.92 bits per heavy atom. The molecule has 26 heavy (non-hydrogen) atoms. The lowest BCUT2D eigenvalue weighted by atomic mass is 10.2. The molecule has 0 atom stereocenters. The lowest BCUT2D eigenvalue weighted by molar-refractivity contribution is 0.102. The van der Waals surface area contributed by atoms with Gasteiger partial charge in [-0.3, -0.25) is 4.79 Å². The minimum Gasteiger partial charge on any atom is -0.304 e. The standard InChI is InChI=1S/C20H17BrN4O/c1-2-11-25-19-15(12-13-7-3-6-10-17(13)22-19)18(24-25)23-20(26)14-8-4-5-9-16(14)21/h3-10,12H,2,11H2,1H3,(H,23,24,26). The van der Waals surface area contributed by atoms with Crippen LogP contribution in [-0.2, 0) is 6.54 Å². The number of amides is 1. The van der Waals surface area contributed by atoms with Crippen LogP contribution in [0.5, 0.6) is 0 Å². The second-order valence-corrected chi connectivity index (χ2v) is 6.91. The van der Waals surface area contributed by atoms with Crippen LogP contribution in [0, 0.1) is 0 Å². The molecule has 0 fully saturated rings. The molecule has 5 nitrogen and oxygen atoms in total.